The zero-order chi connectivity index (χ0) is 12.3. The van der Waals surface area contributed by atoms with Gasteiger partial charge in [-0.15, -0.1) is 0 Å². The Morgan fingerprint density at radius 2 is 2.35 bits per heavy atom. The molecule has 2 rings (SSSR count). The summed E-state index contributed by atoms with van der Waals surface area (Å²) in [5, 5.41) is 4.56. The van der Waals surface area contributed by atoms with Crippen molar-refractivity contribution < 1.29 is 9.18 Å². The molecule has 0 atom stereocenters. The summed E-state index contributed by atoms with van der Waals surface area (Å²) in [5.41, 5.74) is 0.375. The van der Waals surface area contributed by atoms with Gasteiger partial charge in [0.05, 0.1) is 5.75 Å². The van der Waals surface area contributed by atoms with Crippen LogP contribution in [0.25, 0.3) is 0 Å². The van der Waals surface area contributed by atoms with E-state index in [-0.39, 0.29) is 11.5 Å². The normalized spacial score (nSPS) is 10.5. The third-order valence-electron chi connectivity index (χ3n) is 2.15. The number of ketones is 1. The molecular weight excluding hydrogens is 241 g/mol. The maximum absolute atomic E-state index is 12.9. The Bertz CT molecular complexity index is 541. The van der Waals surface area contributed by atoms with Crippen molar-refractivity contribution in [2.24, 2.45) is 7.05 Å². The predicted octanol–water partition coefficient (Wildman–Crippen LogP) is 1.93. The number of nitrogens with zero attached hydrogens (tertiary/aromatic N) is 3. The number of carbonyl (C=O) groups is 1. The third-order valence-corrected chi connectivity index (χ3v) is 3.18. The van der Waals surface area contributed by atoms with Crippen molar-refractivity contribution in [3.63, 3.8) is 0 Å². The Morgan fingerprint density at radius 1 is 1.53 bits per heavy atom. The van der Waals surface area contributed by atoms with Crippen LogP contribution in [0.4, 0.5) is 4.39 Å². The Kier molecular flexibility index (Phi) is 3.53. The van der Waals surface area contributed by atoms with Gasteiger partial charge in [-0.25, -0.2) is 14.1 Å². The van der Waals surface area contributed by atoms with Gasteiger partial charge in [0.2, 0.25) is 0 Å². The second kappa shape index (κ2) is 5.09. The molecule has 0 N–H and O–H groups in total. The minimum Gasteiger partial charge on any atom is -0.293 e. The molecule has 0 bridgehead atoms. The van der Waals surface area contributed by atoms with Crippen LogP contribution in [0.2, 0.25) is 0 Å². The zero-order valence-electron chi connectivity index (χ0n) is 9.13. The van der Waals surface area contributed by atoms with E-state index >= 15 is 0 Å². The number of rotatable bonds is 4. The second-order valence-corrected chi connectivity index (χ2v) is 4.33. The first-order valence-electron chi connectivity index (χ1n) is 4.92. The van der Waals surface area contributed by atoms with E-state index in [1.165, 1.54) is 36.3 Å². The summed E-state index contributed by atoms with van der Waals surface area (Å²) in [6, 6.07) is 5.67. The van der Waals surface area contributed by atoms with Crippen molar-refractivity contribution in [3.05, 3.63) is 42.0 Å². The molecule has 1 aromatic heterocycles. The lowest BCUT2D eigenvalue weighted by molar-refractivity contribution is 0.102. The maximum atomic E-state index is 12.9. The van der Waals surface area contributed by atoms with E-state index in [0.29, 0.717) is 10.7 Å². The number of Topliss-reactive ketones (excluding diaryl/α,β-unsaturated/α-hetero) is 1. The smallest absolute Gasteiger partial charge is 0.186 e. The monoisotopic (exact) mass is 251 g/mol. The molecule has 4 nitrogen and oxygen atoms in total. The lowest BCUT2D eigenvalue weighted by Gasteiger charge is -2.01. The molecule has 0 radical (unpaired) electrons. The van der Waals surface area contributed by atoms with Crippen LogP contribution in [0.1, 0.15) is 10.4 Å². The summed E-state index contributed by atoms with van der Waals surface area (Å²) in [5.74, 6) is -0.312. The number of halogens is 1. The van der Waals surface area contributed by atoms with Gasteiger partial charge < -0.3 is 0 Å². The van der Waals surface area contributed by atoms with Gasteiger partial charge in [-0.1, -0.05) is 23.9 Å². The number of carbonyl (C=O) groups excluding carboxylic acids is 1. The van der Waals surface area contributed by atoms with Crippen LogP contribution in [0.5, 0.6) is 0 Å². The minimum atomic E-state index is -0.403. The summed E-state index contributed by atoms with van der Waals surface area (Å²) >= 11 is 1.28. The molecule has 0 saturated heterocycles. The minimum absolute atomic E-state index is 0.127. The first-order valence-corrected chi connectivity index (χ1v) is 5.91. The fourth-order valence-electron chi connectivity index (χ4n) is 1.29. The molecule has 0 unspecified atom stereocenters. The largest absolute Gasteiger partial charge is 0.293 e. The van der Waals surface area contributed by atoms with Gasteiger partial charge in [-0.2, -0.15) is 5.10 Å². The quantitative estimate of drug-likeness (QED) is 0.615. The summed E-state index contributed by atoms with van der Waals surface area (Å²) in [6.45, 7) is 0. The van der Waals surface area contributed by atoms with Crippen molar-refractivity contribution in [2.75, 3.05) is 5.75 Å². The molecule has 1 aromatic carbocycles. The molecular formula is C11H10FN3OS. The number of hydrogen-bond acceptors (Lipinski definition) is 4. The van der Waals surface area contributed by atoms with Crippen LogP contribution in [-0.2, 0) is 7.05 Å². The Labute approximate surface area is 102 Å². The molecule has 0 aliphatic rings. The van der Waals surface area contributed by atoms with E-state index in [1.807, 2.05) is 0 Å². The van der Waals surface area contributed by atoms with E-state index in [9.17, 15) is 9.18 Å². The van der Waals surface area contributed by atoms with Crippen molar-refractivity contribution in [2.45, 2.75) is 5.16 Å². The fraction of sp³-hybridized carbons (Fsp3) is 0.182. The van der Waals surface area contributed by atoms with Gasteiger partial charge in [0.15, 0.2) is 10.9 Å². The molecule has 88 valence electrons. The van der Waals surface area contributed by atoms with E-state index in [1.54, 1.807) is 17.8 Å². The van der Waals surface area contributed by atoms with Gasteiger partial charge in [0, 0.05) is 12.6 Å². The first kappa shape index (κ1) is 11.8. The van der Waals surface area contributed by atoms with Crippen LogP contribution in [-0.4, -0.2) is 26.3 Å². The zero-order valence-corrected chi connectivity index (χ0v) is 9.95. The SMILES string of the molecule is Cn1ncnc1SCC(=O)c1cccc(F)c1. The molecule has 0 amide bonds. The molecule has 0 aliphatic heterocycles. The van der Waals surface area contributed by atoms with Crippen molar-refractivity contribution >= 4 is 17.5 Å². The van der Waals surface area contributed by atoms with Crippen LogP contribution in [0, 0.1) is 5.82 Å². The second-order valence-electron chi connectivity index (χ2n) is 3.39. The van der Waals surface area contributed by atoms with Crippen LogP contribution in [0.3, 0.4) is 0 Å². The average molecular weight is 251 g/mol. The fourth-order valence-corrected chi connectivity index (χ4v) is 2.07. The molecule has 0 spiro atoms. The number of aromatic nitrogens is 3. The third kappa shape index (κ3) is 2.91. The van der Waals surface area contributed by atoms with Crippen molar-refractivity contribution in [1.29, 1.82) is 0 Å². The average Bonchev–Trinajstić information content (AvgIpc) is 2.72. The first-order chi connectivity index (χ1) is 8.16. The number of thioether (sulfide) groups is 1. The van der Waals surface area contributed by atoms with Gasteiger partial charge in [-0.3, -0.25) is 4.79 Å². The van der Waals surface area contributed by atoms with Crippen molar-refractivity contribution in [1.82, 2.24) is 14.8 Å². The lowest BCUT2D eigenvalue weighted by Crippen LogP contribution is -2.04. The summed E-state index contributed by atoms with van der Waals surface area (Å²) in [4.78, 5) is 15.7. The highest BCUT2D eigenvalue weighted by Gasteiger charge is 2.09. The predicted molar refractivity (Wildman–Crippen MR) is 62.5 cm³/mol. The maximum Gasteiger partial charge on any atom is 0.186 e. The van der Waals surface area contributed by atoms with Crippen LogP contribution in [0.15, 0.2) is 35.7 Å². The molecule has 0 saturated carbocycles. The van der Waals surface area contributed by atoms with E-state index in [0.717, 1.165) is 0 Å². The highest BCUT2D eigenvalue weighted by atomic mass is 32.2. The van der Waals surface area contributed by atoms with Gasteiger partial charge in [0.25, 0.3) is 0 Å². The Balaban J connectivity index is 2.01. The molecule has 0 fully saturated rings. The molecule has 2 aromatic rings. The summed E-state index contributed by atoms with van der Waals surface area (Å²) in [7, 11) is 1.75. The van der Waals surface area contributed by atoms with Crippen LogP contribution < -0.4 is 0 Å². The van der Waals surface area contributed by atoms with Gasteiger partial charge in [-0.05, 0) is 12.1 Å². The van der Waals surface area contributed by atoms with E-state index in [2.05, 4.69) is 10.1 Å². The Morgan fingerprint density at radius 3 is 3.00 bits per heavy atom. The highest BCUT2D eigenvalue weighted by Crippen LogP contribution is 2.15. The van der Waals surface area contributed by atoms with Crippen LogP contribution >= 0.6 is 11.8 Å². The molecule has 0 aliphatic carbocycles. The standard InChI is InChI=1S/C11H10FN3OS/c1-15-11(13-7-14-15)17-6-10(16)8-3-2-4-9(12)5-8/h2-5,7H,6H2,1H3. The van der Waals surface area contributed by atoms with E-state index in [4.69, 9.17) is 0 Å². The molecule has 1 heterocycles. The lowest BCUT2D eigenvalue weighted by atomic mass is 10.1. The Hall–Kier alpha value is -1.69. The van der Waals surface area contributed by atoms with Gasteiger partial charge in [0.1, 0.15) is 12.1 Å². The molecule has 17 heavy (non-hydrogen) atoms. The summed E-state index contributed by atoms with van der Waals surface area (Å²) in [6.07, 6.45) is 1.43. The number of aryl methyl sites for hydroxylation is 1. The highest BCUT2D eigenvalue weighted by molar-refractivity contribution is 7.99. The van der Waals surface area contributed by atoms with E-state index < -0.39 is 5.82 Å². The molecule has 6 heteroatoms. The topological polar surface area (TPSA) is 47.8 Å². The number of hydrogen-bond donors (Lipinski definition) is 0. The summed E-state index contributed by atoms with van der Waals surface area (Å²) < 4.78 is 14.5. The number of benzene rings is 1. The van der Waals surface area contributed by atoms with Gasteiger partial charge >= 0.3 is 0 Å². The van der Waals surface area contributed by atoms with Crippen molar-refractivity contribution in [3.8, 4) is 0 Å².